The van der Waals surface area contributed by atoms with Gasteiger partial charge in [-0.3, -0.25) is 4.90 Å². The molecule has 2 N–H and O–H groups in total. The van der Waals surface area contributed by atoms with Crippen LogP contribution in [-0.4, -0.2) is 30.6 Å². The molecule has 0 aliphatic heterocycles. The highest BCUT2D eigenvalue weighted by atomic mass is 15.1. The Morgan fingerprint density at radius 2 is 2.00 bits per heavy atom. The molecule has 78 valence electrons. The Kier molecular flexibility index (Phi) is 6.00. The molecule has 0 aromatic carbocycles. The van der Waals surface area contributed by atoms with Crippen LogP contribution in [0.25, 0.3) is 0 Å². The van der Waals surface area contributed by atoms with E-state index < -0.39 is 0 Å². The SMILES string of the molecule is C=C(C)CN(CC)CC(N)C(C)C. The lowest BCUT2D eigenvalue weighted by atomic mass is 10.1. The first-order valence-electron chi connectivity index (χ1n) is 5.09. The molecule has 0 aromatic heterocycles. The summed E-state index contributed by atoms with van der Waals surface area (Å²) in [5.41, 5.74) is 7.20. The summed E-state index contributed by atoms with van der Waals surface area (Å²) < 4.78 is 0. The van der Waals surface area contributed by atoms with Gasteiger partial charge in [0.05, 0.1) is 0 Å². The molecule has 0 bridgehead atoms. The number of hydrogen-bond donors (Lipinski definition) is 1. The summed E-state index contributed by atoms with van der Waals surface area (Å²) in [6.07, 6.45) is 0. The fourth-order valence-corrected chi connectivity index (χ4v) is 1.20. The number of hydrogen-bond acceptors (Lipinski definition) is 2. The van der Waals surface area contributed by atoms with Crippen LogP contribution < -0.4 is 5.73 Å². The third kappa shape index (κ3) is 5.83. The van der Waals surface area contributed by atoms with Crippen molar-refractivity contribution >= 4 is 0 Å². The summed E-state index contributed by atoms with van der Waals surface area (Å²) in [7, 11) is 0. The van der Waals surface area contributed by atoms with Crippen molar-refractivity contribution in [3.63, 3.8) is 0 Å². The minimum atomic E-state index is 0.277. The zero-order chi connectivity index (χ0) is 10.4. The molecule has 2 nitrogen and oxygen atoms in total. The molecule has 0 aliphatic carbocycles. The van der Waals surface area contributed by atoms with E-state index in [1.54, 1.807) is 0 Å². The maximum atomic E-state index is 6.00. The van der Waals surface area contributed by atoms with Gasteiger partial charge in [0.25, 0.3) is 0 Å². The quantitative estimate of drug-likeness (QED) is 0.639. The van der Waals surface area contributed by atoms with E-state index in [1.807, 2.05) is 0 Å². The average molecular weight is 184 g/mol. The van der Waals surface area contributed by atoms with Gasteiger partial charge in [-0.05, 0) is 19.4 Å². The van der Waals surface area contributed by atoms with Gasteiger partial charge >= 0.3 is 0 Å². The molecule has 2 heteroatoms. The fourth-order valence-electron chi connectivity index (χ4n) is 1.20. The Labute approximate surface area is 82.8 Å². The maximum Gasteiger partial charge on any atom is 0.0191 e. The topological polar surface area (TPSA) is 29.3 Å². The highest BCUT2D eigenvalue weighted by molar-refractivity contribution is 4.92. The number of nitrogens with zero attached hydrogens (tertiary/aromatic N) is 1. The molecule has 1 unspecified atom stereocenters. The second-order valence-electron chi connectivity index (χ2n) is 4.19. The standard InChI is InChI=1S/C11H24N2/c1-6-13(7-9(2)3)8-11(12)10(4)5/h10-11H,2,6-8,12H2,1,3-5H3. The van der Waals surface area contributed by atoms with Crippen LogP contribution in [0, 0.1) is 5.92 Å². The molecule has 0 heterocycles. The van der Waals surface area contributed by atoms with Gasteiger partial charge in [-0.15, -0.1) is 0 Å². The van der Waals surface area contributed by atoms with Gasteiger partial charge in [-0.1, -0.05) is 32.9 Å². The van der Waals surface area contributed by atoms with E-state index in [2.05, 4.69) is 39.2 Å². The Morgan fingerprint density at radius 1 is 1.46 bits per heavy atom. The number of rotatable bonds is 6. The third-order valence-corrected chi connectivity index (χ3v) is 2.27. The maximum absolute atomic E-state index is 6.00. The Hall–Kier alpha value is -0.340. The smallest absolute Gasteiger partial charge is 0.0191 e. The summed E-state index contributed by atoms with van der Waals surface area (Å²) in [5.74, 6) is 0.555. The van der Waals surface area contributed by atoms with Crippen molar-refractivity contribution in [3.05, 3.63) is 12.2 Å². The van der Waals surface area contributed by atoms with Crippen LogP contribution in [0.4, 0.5) is 0 Å². The molecule has 13 heavy (non-hydrogen) atoms. The van der Waals surface area contributed by atoms with E-state index in [0.29, 0.717) is 5.92 Å². The minimum Gasteiger partial charge on any atom is -0.326 e. The first-order chi connectivity index (χ1) is 5.97. The van der Waals surface area contributed by atoms with Crippen LogP contribution in [0.5, 0.6) is 0 Å². The van der Waals surface area contributed by atoms with Crippen LogP contribution in [0.2, 0.25) is 0 Å². The Bertz CT molecular complexity index is 152. The van der Waals surface area contributed by atoms with Gasteiger partial charge < -0.3 is 5.73 Å². The zero-order valence-corrected chi connectivity index (χ0v) is 9.51. The third-order valence-electron chi connectivity index (χ3n) is 2.27. The normalized spacial score (nSPS) is 13.8. The molecule has 1 atom stereocenters. The predicted octanol–water partition coefficient (Wildman–Crippen LogP) is 1.87. The van der Waals surface area contributed by atoms with E-state index in [9.17, 15) is 0 Å². The van der Waals surface area contributed by atoms with Gasteiger partial charge in [-0.2, -0.15) is 0 Å². The number of nitrogens with two attached hydrogens (primary N) is 1. The summed E-state index contributed by atoms with van der Waals surface area (Å²) in [4.78, 5) is 2.34. The van der Waals surface area contributed by atoms with E-state index in [1.165, 1.54) is 5.57 Å². The van der Waals surface area contributed by atoms with Crippen LogP contribution in [-0.2, 0) is 0 Å². The second-order valence-corrected chi connectivity index (χ2v) is 4.19. The van der Waals surface area contributed by atoms with E-state index in [4.69, 9.17) is 5.73 Å². The van der Waals surface area contributed by atoms with Crippen molar-refractivity contribution in [2.24, 2.45) is 11.7 Å². The molecule has 0 saturated carbocycles. The molecule has 0 aliphatic rings. The van der Waals surface area contributed by atoms with Crippen molar-refractivity contribution in [1.82, 2.24) is 4.90 Å². The van der Waals surface area contributed by atoms with E-state index in [-0.39, 0.29) is 6.04 Å². The first-order valence-corrected chi connectivity index (χ1v) is 5.09. The highest BCUT2D eigenvalue weighted by Gasteiger charge is 2.11. The molecule has 0 fully saturated rings. The molecule has 0 aromatic rings. The van der Waals surface area contributed by atoms with Crippen molar-refractivity contribution in [2.75, 3.05) is 19.6 Å². The summed E-state index contributed by atoms with van der Waals surface area (Å²) >= 11 is 0. The first kappa shape index (κ1) is 12.7. The molecule has 0 rings (SSSR count). The summed E-state index contributed by atoms with van der Waals surface area (Å²) in [6.45, 7) is 15.5. The van der Waals surface area contributed by atoms with E-state index in [0.717, 1.165) is 19.6 Å². The van der Waals surface area contributed by atoms with Crippen LogP contribution >= 0.6 is 0 Å². The molecular weight excluding hydrogens is 160 g/mol. The molecular formula is C11H24N2. The van der Waals surface area contributed by atoms with Gasteiger partial charge in [0.15, 0.2) is 0 Å². The minimum absolute atomic E-state index is 0.277. The van der Waals surface area contributed by atoms with Crippen molar-refractivity contribution in [1.29, 1.82) is 0 Å². The monoisotopic (exact) mass is 184 g/mol. The molecule has 0 amide bonds. The van der Waals surface area contributed by atoms with Crippen LogP contribution in [0.15, 0.2) is 12.2 Å². The fraction of sp³-hybridized carbons (Fsp3) is 0.818. The summed E-state index contributed by atoms with van der Waals surface area (Å²) in [6, 6.07) is 0.277. The molecule has 0 radical (unpaired) electrons. The largest absolute Gasteiger partial charge is 0.326 e. The highest BCUT2D eigenvalue weighted by Crippen LogP contribution is 2.03. The lowest BCUT2D eigenvalue weighted by Gasteiger charge is -2.26. The van der Waals surface area contributed by atoms with Crippen LogP contribution in [0.3, 0.4) is 0 Å². The molecule has 0 saturated heterocycles. The lowest BCUT2D eigenvalue weighted by Crippen LogP contribution is -2.41. The predicted molar refractivity (Wildman–Crippen MR) is 59.7 cm³/mol. The number of likely N-dealkylation sites (N-methyl/N-ethyl adjacent to an activating group) is 1. The van der Waals surface area contributed by atoms with Gasteiger partial charge in [0.1, 0.15) is 0 Å². The van der Waals surface area contributed by atoms with Gasteiger partial charge in [-0.25, -0.2) is 0 Å². The Balaban J connectivity index is 3.90. The van der Waals surface area contributed by atoms with Crippen molar-refractivity contribution in [2.45, 2.75) is 33.7 Å². The van der Waals surface area contributed by atoms with Crippen molar-refractivity contribution in [3.8, 4) is 0 Å². The molecule has 0 spiro atoms. The van der Waals surface area contributed by atoms with E-state index >= 15 is 0 Å². The van der Waals surface area contributed by atoms with Crippen LogP contribution in [0.1, 0.15) is 27.7 Å². The summed E-state index contributed by atoms with van der Waals surface area (Å²) in [5, 5.41) is 0. The second kappa shape index (κ2) is 6.17. The van der Waals surface area contributed by atoms with Gasteiger partial charge in [0.2, 0.25) is 0 Å². The van der Waals surface area contributed by atoms with Crippen molar-refractivity contribution < 1.29 is 0 Å². The van der Waals surface area contributed by atoms with Gasteiger partial charge in [0, 0.05) is 19.1 Å². The average Bonchev–Trinajstić information content (AvgIpc) is 2.02. The lowest BCUT2D eigenvalue weighted by molar-refractivity contribution is 0.266. The Morgan fingerprint density at radius 3 is 2.31 bits per heavy atom. The zero-order valence-electron chi connectivity index (χ0n) is 9.51.